The summed E-state index contributed by atoms with van der Waals surface area (Å²) in [7, 11) is 0. The third kappa shape index (κ3) is 5.26. The third-order valence-corrected chi connectivity index (χ3v) is 11.3. The Labute approximate surface area is 335 Å². The van der Waals surface area contributed by atoms with Gasteiger partial charge in [0, 0.05) is 45.1 Å². The Balaban J connectivity index is 1.12. The lowest BCUT2D eigenvalue weighted by Crippen LogP contribution is -2.32. The minimum Gasteiger partial charge on any atom is -0.457 e. The molecule has 7 aromatic carbocycles. The van der Waals surface area contributed by atoms with E-state index in [0.717, 1.165) is 84.0 Å². The van der Waals surface area contributed by atoms with Gasteiger partial charge in [-0.1, -0.05) is 140 Å². The first-order chi connectivity index (χ1) is 28.7. The van der Waals surface area contributed by atoms with Crippen molar-refractivity contribution in [3.8, 4) is 85.2 Å². The maximum absolute atomic E-state index is 9.47. The second-order valence-electron chi connectivity index (χ2n) is 14.5. The zero-order valence-electron chi connectivity index (χ0n) is 31.0. The van der Waals surface area contributed by atoms with Crippen molar-refractivity contribution < 1.29 is 4.74 Å². The fourth-order valence-electron chi connectivity index (χ4n) is 8.64. The molecule has 0 amide bonds. The normalized spacial score (nSPS) is 12.7. The molecule has 0 radical (unpaired) electrons. The fourth-order valence-corrected chi connectivity index (χ4v) is 8.64. The molecule has 2 aliphatic rings. The van der Waals surface area contributed by atoms with Crippen molar-refractivity contribution in [1.82, 2.24) is 19.9 Å². The number of para-hydroxylation sites is 2. The standard InChI is InChI=1S/C52H31N5O/c53-31-33-12-11-17-36(28-33)39-24-27-46(54-32-39)37-22-25-40-41-26-23-38(51-56-49(34-13-3-1-4-14-34)55-50(57-51)35-15-5-2-6-16-35)30-45(41)52(44(40)29-37)42-18-7-9-20-47(42)58-48-21-10-8-19-43(48)52/h1-30,32H. The molecule has 9 aromatic rings. The summed E-state index contributed by atoms with van der Waals surface area (Å²) in [6, 6.07) is 64.2. The van der Waals surface area contributed by atoms with E-state index in [1.54, 1.807) is 0 Å². The molecule has 6 nitrogen and oxygen atoms in total. The van der Waals surface area contributed by atoms with Gasteiger partial charge < -0.3 is 4.74 Å². The second-order valence-corrected chi connectivity index (χ2v) is 14.5. The molecule has 1 aliphatic heterocycles. The molecule has 0 fully saturated rings. The number of fused-ring (bicyclic) bond motifs is 9. The third-order valence-electron chi connectivity index (χ3n) is 11.3. The Hall–Kier alpha value is -8.01. The van der Waals surface area contributed by atoms with Gasteiger partial charge >= 0.3 is 0 Å². The van der Waals surface area contributed by atoms with Crippen LogP contribution in [-0.4, -0.2) is 19.9 Å². The summed E-state index contributed by atoms with van der Waals surface area (Å²) >= 11 is 0. The lowest BCUT2D eigenvalue weighted by molar-refractivity contribution is 0.436. The van der Waals surface area contributed by atoms with Gasteiger partial charge in [0.25, 0.3) is 0 Å². The van der Waals surface area contributed by atoms with Crippen molar-refractivity contribution in [1.29, 1.82) is 5.26 Å². The molecule has 1 aliphatic carbocycles. The van der Waals surface area contributed by atoms with Crippen LogP contribution in [0.15, 0.2) is 188 Å². The number of ether oxygens (including phenoxy) is 1. The largest absolute Gasteiger partial charge is 0.457 e. The average molecular weight is 742 g/mol. The Morgan fingerprint density at radius 1 is 0.414 bits per heavy atom. The number of benzene rings is 7. The molecule has 3 heterocycles. The van der Waals surface area contributed by atoms with Crippen LogP contribution in [0.1, 0.15) is 27.8 Å². The van der Waals surface area contributed by atoms with Gasteiger partial charge in [0.15, 0.2) is 17.5 Å². The number of rotatable bonds is 5. The number of nitriles is 1. The van der Waals surface area contributed by atoms with E-state index in [4.69, 9.17) is 24.7 Å². The molecule has 0 N–H and O–H groups in total. The lowest BCUT2D eigenvalue weighted by Gasteiger charge is -2.39. The summed E-state index contributed by atoms with van der Waals surface area (Å²) in [6.07, 6.45) is 1.89. The first-order valence-electron chi connectivity index (χ1n) is 19.2. The molecule has 11 rings (SSSR count). The summed E-state index contributed by atoms with van der Waals surface area (Å²) in [5.41, 5.74) is 13.1. The molecule has 0 unspecified atom stereocenters. The SMILES string of the molecule is N#Cc1cccc(-c2ccc(-c3ccc4c(c3)C3(c5ccccc5Oc5ccccc53)c3cc(-c5nc(-c6ccccc6)nc(-c6ccccc6)n5)ccc3-4)nc2)c1. The Bertz CT molecular complexity index is 3000. The zero-order chi connectivity index (χ0) is 38.6. The van der Waals surface area contributed by atoms with Crippen LogP contribution >= 0.6 is 0 Å². The van der Waals surface area contributed by atoms with Crippen molar-refractivity contribution in [3.63, 3.8) is 0 Å². The molecule has 0 saturated heterocycles. The van der Waals surface area contributed by atoms with Gasteiger partial charge in [0.1, 0.15) is 11.5 Å². The average Bonchev–Trinajstić information content (AvgIpc) is 3.58. The van der Waals surface area contributed by atoms with E-state index in [1.165, 1.54) is 0 Å². The number of aromatic nitrogens is 4. The van der Waals surface area contributed by atoms with E-state index in [2.05, 4.69) is 91.0 Å². The Morgan fingerprint density at radius 3 is 1.52 bits per heavy atom. The monoisotopic (exact) mass is 741 g/mol. The summed E-state index contributed by atoms with van der Waals surface area (Å²) in [6.45, 7) is 0. The van der Waals surface area contributed by atoms with E-state index >= 15 is 0 Å². The molecule has 1 spiro atoms. The van der Waals surface area contributed by atoms with Gasteiger partial charge in [-0.15, -0.1) is 0 Å². The lowest BCUT2D eigenvalue weighted by atomic mass is 9.65. The first kappa shape index (κ1) is 33.3. The second kappa shape index (κ2) is 13.3. The van der Waals surface area contributed by atoms with Crippen LogP contribution in [0.3, 0.4) is 0 Å². The van der Waals surface area contributed by atoms with Crippen LogP contribution in [-0.2, 0) is 5.41 Å². The molecular formula is C52H31N5O. The van der Waals surface area contributed by atoms with Gasteiger partial charge in [-0.25, -0.2) is 15.0 Å². The van der Waals surface area contributed by atoms with Crippen molar-refractivity contribution in [2.24, 2.45) is 0 Å². The zero-order valence-corrected chi connectivity index (χ0v) is 31.0. The Morgan fingerprint density at radius 2 is 0.931 bits per heavy atom. The minimum absolute atomic E-state index is 0.598. The van der Waals surface area contributed by atoms with Crippen LogP contribution in [0.5, 0.6) is 11.5 Å². The predicted octanol–water partition coefficient (Wildman–Crippen LogP) is 11.9. The number of pyridine rings is 1. The molecule has 0 atom stereocenters. The van der Waals surface area contributed by atoms with E-state index in [9.17, 15) is 5.26 Å². The molecule has 58 heavy (non-hydrogen) atoms. The van der Waals surface area contributed by atoms with Gasteiger partial charge in [0.05, 0.1) is 22.7 Å². The summed E-state index contributed by atoms with van der Waals surface area (Å²) in [5, 5.41) is 9.47. The summed E-state index contributed by atoms with van der Waals surface area (Å²) in [4.78, 5) is 20.2. The van der Waals surface area contributed by atoms with Crippen LogP contribution in [0, 0.1) is 11.3 Å². The number of nitrogens with zero attached hydrogens (tertiary/aromatic N) is 5. The van der Waals surface area contributed by atoms with Crippen molar-refractivity contribution in [2.75, 3.05) is 0 Å². The smallest absolute Gasteiger partial charge is 0.164 e. The molecule has 2 aromatic heterocycles. The fraction of sp³-hybridized carbons (Fsp3) is 0.0192. The maximum atomic E-state index is 9.47. The summed E-state index contributed by atoms with van der Waals surface area (Å²) in [5.74, 6) is 3.46. The first-order valence-corrected chi connectivity index (χ1v) is 19.2. The summed E-state index contributed by atoms with van der Waals surface area (Å²) < 4.78 is 6.66. The van der Waals surface area contributed by atoms with E-state index in [-0.39, 0.29) is 0 Å². The predicted molar refractivity (Wildman–Crippen MR) is 227 cm³/mol. The number of hydrogen-bond donors (Lipinski definition) is 0. The van der Waals surface area contributed by atoms with E-state index in [0.29, 0.717) is 23.0 Å². The van der Waals surface area contributed by atoms with Crippen molar-refractivity contribution in [2.45, 2.75) is 5.41 Å². The highest BCUT2D eigenvalue weighted by molar-refractivity contribution is 5.91. The molecule has 270 valence electrons. The minimum atomic E-state index is -0.725. The molecule has 0 saturated carbocycles. The highest BCUT2D eigenvalue weighted by Gasteiger charge is 2.51. The quantitative estimate of drug-likeness (QED) is 0.175. The van der Waals surface area contributed by atoms with Crippen LogP contribution in [0.4, 0.5) is 0 Å². The van der Waals surface area contributed by atoms with Crippen molar-refractivity contribution in [3.05, 3.63) is 216 Å². The van der Waals surface area contributed by atoms with Crippen LogP contribution in [0.2, 0.25) is 0 Å². The van der Waals surface area contributed by atoms with E-state index in [1.807, 2.05) is 103 Å². The van der Waals surface area contributed by atoms with Crippen molar-refractivity contribution >= 4 is 0 Å². The molecule has 0 bridgehead atoms. The van der Waals surface area contributed by atoms with Crippen LogP contribution in [0.25, 0.3) is 67.7 Å². The number of hydrogen-bond acceptors (Lipinski definition) is 6. The van der Waals surface area contributed by atoms with Gasteiger partial charge in [-0.2, -0.15) is 5.26 Å². The van der Waals surface area contributed by atoms with E-state index < -0.39 is 5.41 Å². The van der Waals surface area contributed by atoms with Gasteiger partial charge in [-0.05, 0) is 70.3 Å². The molecule has 6 heteroatoms. The van der Waals surface area contributed by atoms with Gasteiger partial charge in [-0.3, -0.25) is 4.98 Å². The molecular weight excluding hydrogens is 711 g/mol. The van der Waals surface area contributed by atoms with Crippen LogP contribution < -0.4 is 4.74 Å². The van der Waals surface area contributed by atoms with Gasteiger partial charge in [0.2, 0.25) is 0 Å². The Kier molecular flexibility index (Phi) is 7.66. The maximum Gasteiger partial charge on any atom is 0.164 e. The highest BCUT2D eigenvalue weighted by atomic mass is 16.5. The highest BCUT2D eigenvalue weighted by Crippen LogP contribution is 2.62. The topological polar surface area (TPSA) is 84.6 Å².